The quantitative estimate of drug-likeness (QED) is 0.363. The second kappa shape index (κ2) is 7.41. The fourth-order valence-electron chi connectivity index (χ4n) is 2.82. The maximum atomic E-state index is 12.7. The summed E-state index contributed by atoms with van der Waals surface area (Å²) in [4.78, 5) is 4.07. The average Bonchev–Trinajstić information content (AvgIpc) is 3.31. The summed E-state index contributed by atoms with van der Waals surface area (Å²) in [7, 11) is 0. The number of aliphatic hydroxyl groups is 1. The highest BCUT2D eigenvalue weighted by atomic mass is 35.5. The molecule has 3 aromatic heterocycles. The Kier molecular flexibility index (Phi) is 4.80. The molecule has 144 valence electrons. The number of hydrogen-bond acceptors (Lipinski definition) is 6. The molecule has 4 rings (SSSR count). The van der Waals surface area contributed by atoms with Crippen LogP contribution in [0, 0.1) is 0 Å². The lowest BCUT2D eigenvalue weighted by Gasteiger charge is -2.16. The van der Waals surface area contributed by atoms with Gasteiger partial charge in [0.15, 0.2) is 6.23 Å². The monoisotopic (exact) mass is 406 g/mol. The third-order valence-electron chi connectivity index (χ3n) is 4.04. The summed E-state index contributed by atoms with van der Waals surface area (Å²) in [6.45, 7) is -3.01. The Balaban J connectivity index is 1.69. The van der Waals surface area contributed by atoms with Crippen LogP contribution in [-0.4, -0.2) is 37.1 Å². The van der Waals surface area contributed by atoms with Gasteiger partial charge < -0.3 is 15.2 Å². The molecule has 4 aromatic rings. The molecule has 11 heteroatoms. The first-order chi connectivity index (χ1) is 13.5. The van der Waals surface area contributed by atoms with Gasteiger partial charge in [-0.1, -0.05) is 11.6 Å². The van der Waals surface area contributed by atoms with Crippen LogP contribution in [0.4, 0.5) is 14.5 Å². The van der Waals surface area contributed by atoms with Crippen LogP contribution in [0.2, 0.25) is 5.02 Å². The average molecular weight is 407 g/mol. The smallest absolute Gasteiger partial charge is 0.387 e. The minimum atomic E-state index is -3.01. The van der Waals surface area contributed by atoms with Gasteiger partial charge in [-0.05, 0) is 18.2 Å². The van der Waals surface area contributed by atoms with E-state index in [9.17, 15) is 13.9 Å². The van der Waals surface area contributed by atoms with E-state index in [4.69, 9.17) is 11.6 Å². The van der Waals surface area contributed by atoms with E-state index in [1.807, 2.05) is 0 Å². The summed E-state index contributed by atoms with van der Waals surface area (Å²) in [6.07, 6.45) is 4.92. The maximum Gasteiger partial charge on any atom is 0.387 e. The number of anilines is 1. The van der Waals surface area contributed by atoms with Gasteiger partial charge in [-0.3, -0.25) is 15.2 Å². The van der Waals surface area contributed by atoms with Crippen molar-refractivity contribution in [3.63, 3.8) is 0 Å². The normalized spacial score (nSPS) is 12.5. The van der Waals surface area contributed by atoms with Crippen molar-refractivity contribution in [1.29, 1.82) is 0 Å². The molecule has 0 radical (unpaired) electrons. The van der Waals surface area contributed by atoms with Gasteiger partial charge in [0.1, 0.15) is 5.75 Å². The van der Waals surface area contributed by atoms with E-state index >= 15 is 0 Å². The standard InChI is InChI=1S/C17H13ClF2N6O2/c18-9-1-2-13(28-17(19)20)10(3-9)15-12(7-23-26-15)24-16(27)11-6-21-4-8-5-22-25-14(8)11/h1-7,16-17,24,27H,(H,22,25)(H,23,26). The molecule has 28 heavy (non-hydrogen) atoms. The van der Waals surface area contributed by atoms with Crippen molar-refractivity contribution in [1.82, 2.24) is 25.4 Å². The minimum absolute atomic E-state index is 0.0847. The molecule has 0 bridgehead atoms. The molecule has 4 N–H and O–H groups in total. The van der Waals surface area contributed by atoms with Crippen LogP contribution >= 0.6 is 11.6 Å². The van der Waals surface area contributed by atoms with Crippen LogP contribution in [0.15, 0.2) is 43.0 Å². The van der Waals surface area contributed by atoms with Gasteiger partial charge in [-0.15, -0.1) is 0 Å². The third kappa shape index (κ3) is 3.47. The number of alkyl halides is 2. The summed E-state index contributed by atoms with van der Waals surface area (Å²) >= 11 is 6.01. The number of benzene rings is 1. The second-order valence-electron chi connectivity index (χ2n) is 5.79. The zero-order chi connectivity index (χ0) is 19.7. The molecule has 0 saturated carbocycles. The number of aromatic nitrogens is 5. The number of nitrogens with zero attached hydrogens (tertiary/aromatic N) is 3. The molecule has 0 spiro atoms. The maximum absolute atomic E-state index is 12.7. The molecule has 1 aromatic carbocycles. The van der Waals surface area contributed by atoms with E-state index in [0.717, 1.165) is 5.39 Å². The topological polar surface area (TPSA) is 112 Å². The number of rotatable bonds is 6. The first kappa shape index (κ1) is 18.1. The van der Waals surface area contributed by atoms with Crippen molar-refractivity contribution >= 4 is 28.2 Å². The Hall–Kier alpha value is -3.24. The first-order valence-corrected chi connectivity index (χ1v) is 8.40. The van der Waals surface area contributed by atoms with Gasteiger partial charge in [0.2, 0.25) is 0 Å². The number of halogens is 3. The van der Waals surface area contributed by atoms with Gasteiger partial charge in [0, 0.05) is 33.9 Å². The van der Waals surface area contributed by atoms with Crippen LogP contribution in [-0.2, 0) is 0 Å². The summed E-state index contributed by atoms with van der Waals surface area (Å²) < 4.78 is 30.0. The van der Waals surface area contributed by atoms with Gasteiger partial charge in [-0.25, -0.2) is 0 Å². The lowest BCUT2D eigenvalue weighted by Crippen LogP contribution is -2.11. The number of ether oxygens (including phenoxy) is 1. The van der Waals surface area contributed by atoms with Crippen LogP contribution in [0.1, 0.15) is 11.8 Å². The molecule has 0 amide bonds. The molecule has 3 heterocycles. The zero-order valence-electron chi connectivity index (χ0n) is 14.0. The third-order valence-corrected chi connectivity index (χ3v) is 4.27. The van der Waals surface area contributed by atoms with Crippen molar-refractivity contribution in [3.05, 3.63) is 53.6 Å². The van der Waals surface area contributed by atoms with Gasteiger partial charge in [-0.2, -0.15) is 19.0 Å². The number of pyridine rings is 1. The molecule has 0 aliphatic carbocycles. The van der Waals surface area contributed by atoms with Crippen molar-refractivity contribution in [2.45, 2.75) is 12.8 Å². The summed E-state index contributed by atoms with van der Waals surface area (Å²) in [5, 5.41) is 27.9. The van der Waals surface area contributed by atoms with E-state index < -0.39 is 12.8 Å². The van der Waals surface area contributed by atoms with Crippen molar-refractivity contribution < 1.29 is 18.6 Å². The van der Waals surface area contributed by atoms with E-state index in [2.05, 4.69) is 35.4 Å². The fraction of sp³-hybridized carbons (Fsp3) is 0.118. The van der Waals surface area contributed by atoms with Crippen molar-refractivity contribution in [2.24, 2.45) is 0 Å². The predicted octanol–water partition coefficient (Wildman–Crippen LogP) is 3.71. The van der Waals surface area contributed by atoms with E-state index in [0.29, 0.717) is 27.5 Å². The molecule has 0 aliphatic heterocycles. The number of aromatic amines is 2. The molecule has 0 saturated heterocycles. The van der Waals surface area contributed by atoms with Crippen molar-refractivity contribution in [2.75, 3.05) is 5.32 Å². The Morgan fingerprint density at radius 1 is 1.11 bits per heavy atom. The molecule has 1 unspecified atom stereocenters. The molecule has 8 nitrogen and oxygen atoms in total. The Morgan fingerprint density at radius 2 is 1.93 bits per heavy atom. The van der Waals surface area contributed by atoms with E-state index in [1.54, 1.807) is 12.4 Å². The van der Waals surface area contributed by atoms with Gasteiger partial charge >= 0.3 is 6.61 Å². The number of nitrogens with one attached hydrogen (secondary N) is 3. The first-order valence-electron chi connectivity index (χ1n) is 8.02. The summed E-state index contributed by atoms with van der Waals surface area (Å²) in [6, 6.07) is 4.23. The molecule has 0 aliphatic rings. The molecule has 1 atom stereocenters. The zero-order valence-corrected chi connectivity index (χ0v) is 14.8. The molecular formula is C17H13ClF2N6O2. The molecular weight excluding hydrogens is 394 g/mol. The van der Waals surface area contributed by atoms with Crippen LogP contribution in [0.3, 0.4) is 0 Å². The highest BCUT2D eigenvalue weighted by molar-refractivity contribution is 6.31. The van der Waals surface area contributed by atoms with E-state index in [-0.39, 0.29) is 11.3 Å². The highest BCUT2D eigenvalue weighted by Gasteiger charge is 2.20. The number of fused-ring (bicyclic) bond motifs is 1. The van der Waals surface area contributed by atoms with Gasteiger partial charge in [0.25, 0.3) is 0 Å². The van der Waals surface area contributed by atoms with Crippen LogP contribution < -0.4 is 10.1 Å². The van der Waals surface area contributed by atoms with Gasteiger partial charge in [0.05, 0.1) is 29.3 Å². The Labute approximate surface area is 161 Å². The summed E-state index contributed by atoms with van der Waals surface area (Å²) in [5.74, 6) is -0.0847. The fourth-order valence-corrected chi connectivity index (χ4v) is 2.99. The SMILES string of the molecule is OC(Nc1cn[nH]c1-c1cc(Cl)ccc1OC(F)F)c1cncc2cn[nH]c12. The Morgan fingerprint density at radius 3 is 2.75 bits per heavy atom. The van der Waals surface area contributed by atoms with Crippen LogP contribution in [0.25, 0.3) is 22.2 Å². The number of aliphatic hydroxyl groups excluding tert-OH is 1. The Bertz CT molecular complexity index is 1120. The van der Waals surface area contributed by atoms with Crippen LogP contribution in [0.5, 0.6) is 5.75 Å². The number of hydrogen-bond donors (Lipinski definition) is 4. The van der Waals surface area contributed by atoms with Crippen molar-refractivity contribution in [3.8, 4) is 17.0 Å². The lowest BCUT2D eigenvalue weighted by atomic mass is 10.1. The summed E-state index contributed by atoms with van der Waals surface area (Å²) in [5.41, 5.74) is 2.01. The largest absolute Gasteiger partial charge is 0.434 e. The number of H-pyrrole nitrogens is 2. The van der Waals surface area contributed by atoms with E-state index in [1.165, 1.54) is 30.6 Å². The minimum Gasteiger partial charge on any atom is -0.434 e. The second-order valence-corrected chi connectivity index (χ2v) is 6.22. The lowest BCUT2D eigenvalue weighted by molar-refractivity contribution is -0.0494. The molecule has 0 fully saturated rings. The predicted molar refractivity (Wildman–Crippen MR) is 98.1 cm³/mol. The highest BCUT2D eigenvalue weighted by Crippen LogP contribution is 2.37.